The highest BCUT2D eigenvalue weighted by molar-refractivity contribution is 5.10. The summed E-state index contributed by atoms with van der Waals surface area (Å²) >= 11 is 0. The first-order chi connectivity index (χ1) is 6.43. The maximum absolute atomic E-state index is 6.35. The van der Waals surface area contributed by atoms with E-state index in [1.165, 1.54) is 25.7 Å². The molecular formula is C12H23NO. The van der Waals surface area contributed by atoms with Crippen molar-refractivity contribution >= 4 is 0 Å². The van der Waals surface area contributed by atoms with Crippen molar-refractivity contribution in [1.82, 2.24) is 0 Å². The zero-order valence-electron chi connectivity index (χ0n) is 9.73. The fourth-order valence-electron chi connectivity index (χ4n) is 3.08. The van der Waals surface area contributed by atoms with Crippen LogP contribution in [0.3, 0.4) is 0 Å². The predicted octanol–water partition coefficient (Wildman–Crippen LogP) is 2.46. The molecule has 1 spiro atoms. The van der Waals surface area contributed by atoms with E-state index in [0.717, 1.165) is 13.0 Å². The Labute approximate surface area is 87.2 Å². The zero-order valence-corrected chi connectivity index (χ0v) is 9.73. The van der Waals surface area contributed by atoms with E-state index in [-0.39, 0.29) is 11.2 Å². The standard InChI is InChI=1S/C12H23NO/c1-10(2)4-6-12(10)7-5-11(3,14-12)8-9-13/h4-9,13H2,1-3H3. The molecule has 2 rings (SSSR count). The van der Waals surface area contributed by atoms with E-state index in [1.807, 2.05) is 0 Å². The van der Waals surface area contributed by atoms with Crippen molar-refractivity contribution in [2.45, 2.75) is 64.1 Å². The fraction of sp³-hybridized carbons (Fsp3) is 1.00. The van der Waals surface area contributed by atoms with Gasteiger partial charge in [0.05, 0.1) is 11.2 Å². The Bertz CT molecular complexity index is 238. The Kier molecular flexibility index (Phi) is 2.20. The van der Waals surface area contributed by atoms with Crippen LogP contribution in [0.5, 0.6) is 0 Å². The van der Waals surface area contributed by atoms with Gasteiger partial charge in [0.1, 0.15) is 0 Å². The highest BCUT2D eigenvalue weighted by Crippen LogP contribution is 2.60. The van der Waals surface area contributed by atoms with Crippen molar-refractivity contribution in [3.05, 3.63) is 0 Å². The largest absolute Gasteiger partial charge is 0.368 e. The van der Waals surface area contributed by atoms with Crippen LogP contribution in [0.4, 0.5) is 0 Å². The maximum Gasteiger partial charge on any atom is 0.0741 e. The normalized spacial score (nSPS) is 45.4. The topological polar surface area (TPSA) is 35.2 Å². The van der Waals surface area contributed by atoms with Gasteiger partial charge in [-0.05, 0) is 51.0 Å². The van der Waals surface area contributed by atoms with E-state index >= 15 is 0 Å². The highest BCUT2D eigenvalue weighted by Gasteiger charge is 2.59. The molecule has 1 aliphatic carbocycles. The molecule has 82 valence electrons. The van der Waals surface area contributed by atoms with Gasteiger partial charge in [-0.3, -0.25) is 0 Å². The van der Waals surface area contributed by atoms with Gasteiger partial charge in [0.2, 0.25) is 0 Å². The van der Waals surface area contributed by atoms with Gasteiger partial charge in [0.15, 0.2) is 0 Å². The van der Waals surface area contributed by atoms with Crippen LogP contribution in [-0.2, 0) is 4.74 Å². The molecule has 2 atom stereocenters. The third kappa shape index (κ3) is 1.31. The van der Waals surface area contributed by atoms with Crippen LogP contribution in [0.25, 0.3) is 0 Å². The Morgan fingerprint density at radius 1 is 1.07 bits per heavy atom. The summed E-state index contributed by atoms with van der Waals surface area (Å²) in [5.41, 5.74) is 6.27. The molecule has 0 radical (unpaired) electrons. The number of hydrogen-bond donors (Lipinski definition) is 1. The van der Waals surface area contributed by atoms with Gasteiger partial charge in [-0.2, -0.15) is 0 Å². The molecular weight excluding hydrogens is 174 g/mol. The Morgan fingerprint density at radius 3 is 2.07 bits per heavy atom. The average Bonchev–Trinajstić information content (AvgIpc) is 2.45. The second kappa shape index (κ2) is 2.96. The van der Waals surface area contributed by atoms with E-state index in [4.69, 9.17) is 10.5 Å². The third-order valence-corrected chi connectivity index (χ3v) is 4.56. The molecule has 0 amide bonds. The van der Waals surface area contributed by atoms with Crippen molar-refractivity contribution < 1.29 is 4.74 Å². The molecule has 2 nitrogen and oxygen atoms in total. The summed E-state index contributed by atoms with van der Waals surface area (Å²) < 4.78 is 6.35. The van der Waals surface area contributed by atoms with Gasteiger partial charge in [-0.25, -0.2) is 0 Å². The van der Waals surface area contributed by atoms with E-state index in [0.29, 0.717) is 5.41 Å². The first-order valence-electron chi connectivity index (χ1n) is 5.83. The first kappa shape index (κ1) is 10.4. The molecule has 1 saturated carbocycles. The van der Waals surface area contributed by atoms with E-state index < -0.39 is 0 Å². The SMILES string of the molecule is CC1(CCN)CCC2(CCC2(C)C)O1. The summed E-state index contributed by atoms with van der Waals surface area (Å²) in [5.74, 6) is 0. The molecule has 2 heteroatoms. The Morgan fingerprint density at radius 2 is 1.71 bits per heavy atom. The molecule has 2 N–H and O–H groups in total. The molecule has 0 aromatic carbocycles. The number of rotatable bonds is 2. The molecule has 1 aliphatic heterocycles. The van der Waals surface area contributed by atoms with Crippen LogP contribution in [0.1, 0.15) is 52.9 Å². The molecule has 2 aliphatic rings. The summed E-state index contributed by atoms with van der Waals surface area (Å²) in [7, 11) is 0. The lowest BCUT2D eigenvalue weighted by Gasteiger charge is -2.54. The molecule has 1 saturated heterocycles. The van der Waals surface area contributed by atoms with Crippen LogP contribution in [-0.4, -0.2) is 17.7 Å². The van der Waals surface area contributed by atoms with Crippen LogP contribution in [0.15, 0.2) is 0 Å². The zero-order chi connectivity index (χ0) is 10.4. The quantitative estimate of drug-likeness (QED) is 0.738. The Hall–Kier alpha value is -0.0800. The lowest BCUT2D eigenvalue weighted by molar-refractivity contribution is -0.207. The molecule has 14 heavy (non-hydrogen) atoms. The van der Waals surface area contributed by atoms with Gasteiger partial charge < -0.3 is 10.5 Å². The molecule has 0 aromatic heterocycles. The number of nitrogens with two attached hydrogens (primary N) is 1. The van der Waals surface area contributed by atoms with Crippen molar-refractivity contribution in [3.63, 3.8) is 0 Å². The lowest BCUT2D eigenvalue weighted by Crippen LogP contribution is -2.54. The minimum absolute atomic E-state index is 0.0619. The maximum atomic E-state index is 6.35. The van der Waals surface area contributed by atoms with Crippen LogP contribution in [0.2, 0.25) is 0 Å². The van der Waals surface area contributed by atoms with E-state index in [2.05, 4.69) is 20.8 Å². The van der Waals surface area contributed by atoms with Crippen molar-refractivity contribution in [2.24, 2.45) is 11.1 Å². The second-order valence-corrected chi connectivity index (χ2v) is 5.97. The summed E-state index contributed by atoms with van der Waals surface area (Å²) in [5, 5.41) is 0. The van der Waals surface area contributed by atoms with Gasteiger partial charge in [-0.1, -0.05) is 13.8 Å². The average molecular weight is 197 g/mol. The molecule has 0 aromatic rings. The molecule has 0 bridgehead atoms. The van der Waals surface area contributed by atoms with E-state index in [1.54, 1.807) is 0 Å². The van der Waals surface area contributed by atoms with Crippen LogP contribution >= 0.6 is 0 Å². The van der Waals surface area contributed by atoms with Gasteiger partial charge in [0.25, 0.3) is 0 Å². The van der Waals surface area contributed by atoms with Crippen molar-refractivity contribution in [1.29, 1.82) is 0 Å². The predicted molar refractivity (Wildman–Crippen MR) is 58.1 cm³/mol. The minimum atomic E-state index is 0.0619. The second-order valence-electron chi connectivity index (χ2n) is 5.97. The fourth-order valence-corrected chi connectivity index (χ4v) is 3.08. The highest BCUT2D eigenvalue weighted by atomic mass is 16.5. The number of hydrogen-bond acceptors (Lipinski definition) is 2. The lowest BCUT2D eigenvalue weighted by atomic mass is 9.58. The summed E-state index contributed by atoms with van der Waals surface area (Å²) in [4.78, 5) is 0. The van der Waals surface area contributed by atoms with Crippen LogP contribution in [0, 0.1) is 5.41 Å². The summed E-state index contributed by atoms with van der Waals surface area (Å²) in [6.45, 7) is 7.64. The smallest absolute Gasteiger partial charge is 0.0741 e. The van der Waals surface area contributed by atoms with Crippen molar-refractivity contribution in [2.75, 3.05) is 6.54 Å². The van der Waals surface area contributed by atoms with Crippen molar-refractivity contribution in [3.8, 4) is 0 Å². The van der Waals surface area contributed by atoms with Gasteiger partial charge in [0, 0.05) is 0 Å². The minimum Gasteiger partial charge on any atom is -0.368 e. The summed E-state index contributed by atoms with van der Waals surface area (Å²) in [6, 6.07) is 0. The monoisotopic (exact) mass is 197 g/mol. The van der Waals surface area contributed by atoms with Gasteiger partial charge >= 0.3 is 0 Å². The van der Waals surface area contributed by atoms with Gasteiger partial charge in [-0.15, -0.1) is 0 Å². The van der Waals surface area contributed by atoms with Crippen LogP contribution < -0.4 is 5.73 Å². The summed E-state index contributed by atoms with van der Waals surface area (Å²) in [6.07, 6.45) is 5.99. The third-order valence-electron chi connectivity index (χ3n) is 4.56. The molecule has 2 fully saturated rings. The molecule has 1 heterocycles. The molecule has 2 unspecified atom stereocenters. The number of ether oxygens (including phenoxy) is 1. The Balaban J connectivity index is 2.07. The first-order valence-corrected chi connectivity index (χ1v) is 5.83. The van der Waals surface area contributed by atoms with E-state index in [9.17, 15) is 0 Å².